The first-order chi connectivity index (χ1) is 14.2. The summed E-state index contributed by atoms with van der Waals surface area (Å²) in [5.41, 5.74) is 5.05. The highest BCUT2D eigenvalue weighted by Gasteiger charge is 2.23. The first-order valence-corrected chi connectivity index (χ1v) is 10.7. The average molecular weight is 403 g/mol. The number of aryl methyl sites for hydroxylation is 2. The van der Waals surface area contributed by atoms with Crippen LogP contribution in [0.25, 0.3) is 21.3 Å². The number of rotatable bonds is 3. The lowest BCUT2D eigenvalue weighted by molar-refractivity contribution is 0.636. The van der Waals surface area contributed by atoms with Gasteiger partial charge in [0.1, 0.15) is 17.0 Å². The van der Waals surface area contributed by atoms with E-state index in [4.69, 9.17) is 4.98 Å². The van der Waals surface area contributed by atoms with Gasteiger partial charge in [-0.15, -0.1) is 11.3 Å². The summed E-state index contributed by atoms with van der Waals surface area (Å²) in [4.78, 5) is 23.7. The van der Waals surface area contributed by atoms with Crippen LogP contribution in [0, 0.1) is 13.8 Å². The van der Waals surface area contributed by atoms with E-state index in [1.54, 1.807) is 30.1 Å². The third-order valence-corrected chi connectivity index (χ3v) is 6.32. The fourth-order valence-electron chi connectivity index (χ4n) is 3.99. The maximum Gasteiger partial charge on any atom is 0.225 e. The van der Waals surface area contributed by atoms with Crippen LogP contribution in [0.3, 0.4) is 0 Å². The molecule has 1 fully saturated rings. The molecule has 146 valence electrons. The van der Waals surface area contributed by atoms with E-state index in [1.807, 2.05) is 6.07 Å². The summed E-state index contributed by atoms with van der Waals surface area (Å²) in [5.74, 6) is 1.83. The van der Waals surface area contributed by atoms with Crippen LogP contribution in [0.15, 0.2) is 48.4 Å². The molecule has 6 nitrogen and oxygen atoms in total. The summed E-state index contributed by atoms with van der Waals surface area (Å²) in [6.07, 6.45) is 5.28. The fraction of sp³-hybridized carbons (Fsp3) is 0.273. The highest BCUT2D eigenvalue weighted by atomic mass is 32.1. The van der Waals surface area contributed by atoms with Crippen LogP contribution >= 0.6 is 11.3 Å². The van der Waals surface area contributed by atoms with Crippen molar-refractivity contribution in [3.63, 3.8) is 0 Å². The van der Waals surface area contributed by atoms with Crippen LogP contribution in [-0.4, -0.2) is 46.1 Å². The Labute approximate surface area is 173 Å². The van der Waals surface area contributed by atoms with Gasteiger partial charge in [-0.3, -0.25) is 0 Å². The molecule has 4 aromatic rings. The molecule has 1 saturated heterocycles. The predicted molar refractivity (Wildman–Crippen MR) is 119 cm³/mol. The van der Waals surface area contributed by atoms with Gasteiger partial charge in [-0.2, -0.15) is 0 Å². The monoisotopic (exact) mass is 402 g/mol. The van der Waals surface area contributed by atoms with Gasteiger partial charge in [0.15, 0.2) is 0 Å². The Hall–Kier alpha value is -3.06. The summed E-state index contributed by atoms with van der Waals surface area (Å²) in [6.45, 7) is 7.82. The minimum atomic E-state index is 0.798. The number of fused-ring (bicyclic) bond motifs is 1. The number of nitrogens with zero attached hydrogens (tertiary/aromatic N) is 6. The van der Waals surface area contributed by atoms with Crippen LogP contribution in [0.1, 0.15) is 11.1 Å². The van der Waals surface area contributed by atoms with Crippen molar-refractivity contribution in [3.05, 3.63) is 59.5 Å². The molecule has 5 rings (SSSR count). The van der Waals surface area contributed by atoms with Gasteiger partial charge in [-0.25, -0.2) is 19.9 Å². The minimum Gasteiger partial charge on any atom is -0.352 e. The van der Waals surface area contributed by atoms with E-state index in [0.717, 1.165) is 48.2 Å². The average Bonchev–Trinajstić information content (AvgIpc) is 3.19. The zero-order valence-electron chi connectivity index (χ0n) is 16.5. The van der Waals surface area contributed by atoms with Crippen molar-refractivity contribution < 1.29 is 0 Å². The third-order valence-electron chi connectivity index (χ3n) is 5.44. The molecule has 1 aliphatic rings. The van der Waals surface area contributed by atoms with Crippen molar-refractivity contribution in [1.82, 2.24) is 19.9 Å². The van der Waals surface area contributed by atoms with E-state index in [-0.39, 0.29) is 0 Å². The highest BCUT2D eigenvalue weighted by molar-refractivity contribution is 7.17. The Morgan fingerprint density at radius 3 is 2.38 bits per heavy atom. The van der Waals surface area contributed by atoms with Crippen molar-refractivity contribution >= 4 is 33.3 Å². The molecule has 0 radical (unpaired) electrons. The number of benzene rings is 1. The molecule has 3 aromatic heterocycles. The zero-order chi connectivity index (χ0) is 19.8. The molecule has 0 N–H and O–H groups in total. The molecule has 1 aromatic carbocycles. The molecule has 0 saturated carbocycles. The SMILES string of the molecule is Cc1ccc(-c2csc3ncnc(N4CCN(c5ncccn5)CC4)c23)c(C)c1. The summed E-state index contributed by atoms with van der Waals surface area (Å²) < 4.78 is 0. The van der Waals surface area contributed by atoms with Gasteiger partial charge in [0.05, 0.1) is 5.39 Å². The van der Waals surface area contributed by atoms with Gasteiger partial charge in [0.25, 0.3) is 0 Å². The quantitative estimate of drug-likeness (QED) is 0.514. The molecule has 4 heterocycles. The number of piperazine rings is 1. The topological polar surface area (TPSA) is 58.0 Å². The van der Waals surface area contributed by atoms with E-state index in [0.29, 0.717) is 0 Å². The second-order valence-corrected chi connectivity index (χ2v) is 8.23. The van der Waals surface area contributed by atoms with Crippen LogP contribution < -0.4 is 9.80 Å². The van der Waals surface area contributed by atoms with Gasteiger partial charge < -0.3 is 9.80 Å². The van der Waals surface area contributed by atoms with E-state index in [9.17, 15) is 0 Å². The van der Waals surface area contributed by atoms with Crippen LogP contribution in [0.4, 0.5) is 11.8 Å². The van der Waals surface area contributed by atoms with Crippen LogP contribution in [0.5, 0.6) is 0 Å². The lowest BCUT2D eigenvalue weighted by atomic mass is 9.99. The molecule has 0 bridgehead atoms. The Balaban J connectivity index is 1.49. The van der Waals surface area contributed by atoms with Crippen molar-refractivity contribution in [3.8, 4) is 11.1 Å². The number of thiophene rings is 1. The summed E-state index contributed by atoms with van der Waals surface area (Å²) in [6, 6.07) is 8.48. The van der Waals surface area contributed by atoms with Crippen molar-refractivity contribution in [2.45, 2.75) is 13.8 Å². The molecule has 0 amide bonds. The molecule has 7 heteroatoms. The number of hydrogen-bond acceptors (Lipinski definition) is 7. The summed E-state index contributed by atoms with van der Waals surface area (Å²) in [5, 5.41) is 3.38. The van der Waals surface area contributed by atoms with Crippen LogP contribution in [0.2, 0.25) is 0 Å². The lowest BCUT2D eigenvalue weighted by Crippen LogP contribution is -2.47. The number of anilines is 2. The van der Waals surface area contributed by atoms with Gasteiger partial charge in [0.2, 0.25) is 5.95 Å². The third kappa shape index (κ3) is 3.31. The maximum atomic E-state index is 4.71. The number of hydrogen-bond donors (Lipinski definition) is 0. The van der Waals surface area contributed by atoms with Crippen LogP contribution in [-0.2, 0) is 0 Å². The van der Waals surface area contributed by atoms with E-state index < -0.39 is 0 Å². The fourth-order valence-corrected chi connectivity index (χ4v) is 4.89. The standard InChI is InChI=1S/C22H22N6S/c1-15-4-5-17(16(2)12-15)18-13-29-21-19(18)20(25-14-26-21)27-8-10-28(11-9-27)22-23-6-3-7-24-22/h3-7,12-14H,8-11H2,1-2H3. The molecule has 0 atom stereocenters. The van der Waals surface area contributed by atoms with Gasteiger partial charge >= 0.3 is 0 Å². The first kappa shape index (κ1) is 18.0. The molecule has 29 heavy (non-hydrogen) atoms. The van der Waals surface area contributed by atoms with E-state index >= 15 is 0 Å². The largest absolute Gasteiger partial charge is 0.352 e. The van der Waals surface area contributed by atoms with Gasteiger partial charge in [-0.1, -0.05) is 23.8 Å². The van der Waals surface area contributed by atoms with Gasteiger partial charge in [-0.05, 0) is 31.0 Å². The smallest absolute Gasteiger partial charge is 0.225 e. The predicted octanol–water partition coefficient (Wildman–Crippen LogP) is 4.09. The molecular weight excluding hydrogens is 380 g/mol. The lowest BCUT2D eigenvalue weighted by Gasteiger charge is -2.35. The van der Waals surface area contributed by atoms with E-state index in [1.165, 1.54) is 22.3 Å². The normalized spacial score (nSPS) is 14.6. The Morgan fingerprint density at radius 1 is 0.862 bits per heavy atom. The number of aromatic nitrogens is 4. The zero-order valence-corrected chi connectivity index (χ0v) is 17.4. The molecule has 0 aliphatic carbocycles. The Bertz CT molecular complexity index is 1150. The molecule has 0 unspecified atom stereocenters. The van der Waals surface area contributed by atoms with Crippen molar-refractivity contribution in [2.24, 2.45) is 0 Å². The van der Waals surface area contributed by atoms with E-state index in [2.05, 4.69) is 62.2 Å². The van der Waals surface area contributed by atoms with Crippen molar-refractivity contribution in [2.75, 3.05) is 36.0 Å². The molecular formula is C22H22N6S. The van der Waals surface area contributed by atoms with Crippen molar-refractivity contribution in [1.29, 1.82) is 0 Å². The minimum absolute atomic E-state index is 0.798. The maximum absolute atomic E-state index is 4.71. The second-order valence-electron chi connectivity index (χ2n) is 7.37. The van der Waals surface area contributed by atoms with Gasteiger partial charge in [0, 0.05) is 49.5 Å². The molecule has 0 spiro atoms. The summed E-state index contributed by atoms with van der Waals surface area (Å²) in [7, 11) is 0. The first-order valence-electron chi connectivity index (χ1n) is 9.77. The highest BCUT2D eigenvalue weighted by Crippen LogP contribution is 2.39. The molecule has 1 aliphatic heterocycles. The Kier molecular flexibility index (Phi) is 4.60. The second kappa shape index (κ2) is 7.40. The summed E-state index contributed by atoms with van der Waals surface area (Å²) >= 11 is 1.69. The Morgan fingerprint density at radius 2 is 1.62 bits per heavy atom.